The zero-order valence-corrected chi connectivity index (χ0v) is 10.5. The first-order valence-corrected chi connectivity index (χ1v) is 6.12. The highest BCUT2D eigenvalue weighted by molar-refractivity contribution is 5.90. The molecule has 3 N–H and O–H groups in total. The third-order valence-corrected chi connectivity index (χ3v) is 3.16. The predicted molar refractivity (Wildman–Crippen MR) is 64.2 cm³/mol. The Kier molecular flexibility index (Phi) is 3.81. The summed E-state index contributed by atoms with van der Waals surface area (Å²) in [7, 11) is 0. The summed E-state index contributed by atoms with van der Waals surface area (Å²) < 4.78 is 5.64. The Balaban J connectivity index is 1.88. The Morgan fingerprint density at radius 2 is 2.39 bits per heavy atom. The first-order valence-electron chi connectivity index (χ1n) is 6.12. The number of rotatable bonds is 4. The minimum atomic E-state index is -0.482. The van der Waals surface area contributed by atoms with E-state index in [-0.39, 0.29) is 17.8 Å². The van der Waals surface area contributed by atoms with Gasteiger partial charge in [0.15, 0.2) is 0 Å². The lowest BCUT2D eigenvalue weighted by Crippen LogP contribution is -2.35. The lowest BCUT2D eigenvalue weighted by atomic mass is 9.93. The summed E-state index contributed by atoms with van der Waals surface area (Å²) in [6.07, 6.45) is 1.13. The van der Waals surface area contributed by atoms with E-state index in [9.17, 15) is 9.59 Å². The molecule has 2 rings (SSSR count). The van der Waals surface area contributed by atoms with Crippen LogP contribution in [0.2, 0.25) is 0 Å². The third-order valence-electron chi connectivity index (χ3n) is 3.16. The predicted octanol–water partition coefficient (Wildman–Crippen LogP) is -0.111. The minimum absolute atomic E-state index is 0.0139. The Labute approximate surface area is 104 Å². The highest BCUT2D eigenvalue weighted by Gasteiger charge is 2.30. The highest BCUT2D eigenvalue weighted by atomic mass is 16.5. The summed E-state index contributed by atoms with van der Waals surface area (Å²) in [5.74, 6) is 0.391. The van der Waals surface area contributed by atoms with E-state index in [4.69, 9.17) is 4.74 Å². The van der Waals surface area contributed by atoms with Crippen molar-refractivity contribution in [2.24, 2.45) is 11.8 Å². The van der Waals surface area contributed by atoms with E-state index in [1.807, 2.05) is 0 Å². The second-order valence-electron chi connectivity index (χ2n) is 4.86. The molecule has 1 saturated heterocycles. The summed E-state index contributed by atoms with van der Waals surface area (Å²) in [4.78, 5) is 24.8. The summed E-state index contributed by atoms with van der Waals surface area (Å²) in [5, 5.41) is 8.50. The molecule has 1 aliphatic rings. The van der Waals surface area contributed by atoms with Gasteiger partial charge in [-0.1, -0.05) is 13.8 Å². The van der Waals surface area contributed by atoms with Crippen molar-refractivity contribution in [2.75, 3.05) is 13.2 Å². The van der Waals surface area contributed by atoms with Crippen molar-refractivity contribution in [2.45, 2.75) is 26.4 Å². The normalized spacial score (nSPS) is 23.5. The van der Waals surface area contributed by atoms with E-state index in [0.29, 0.717) is 18.4 Å². The van der Waals surface area contributed by atoms with Crippen LogP contribution in [0.5, 0.6) is 0 Å². The molecular formula is C11H18N4O3. The van der Waals surface area contributed by atoms with Crippen LogP contribution in [-0.4, -0.2) is 40.3 Å². The van der Waals surface area contributed by atoms with Crippen molar-refractivity contribution in [1.29, 1.82) is 0 Å². The molecule has 0 aliphatic carbocycles. The first-order chi connectivity index (χ1) is 8.58. The summed E-state index contributed by atoms with van der Waals surface area (Å²) >= 11 is 0. The molecule has 18 heavy (non-hydrogen) atoms. The van der Waals surface area contributed by atoms with E-state index < -0.39 is 5.69 Å². The van der Waals surface area contributed by atoms with Crippen molar-refractivity contribution < 1.29 is 9.53 Å². The number of aromatic amines is 2. The van der Waals surface area contributed by atoms with Gasteiger partial charge in [0, 0.05) is 19.1 Å². The third kappa shape index (κ3) is 2.79. The zero-order valence-electron chi connectivity index (χ0n) is 10.5. The number of carbonyl (C=O) groups excluding carboxylic acids is 1. The summed E-state index contributed by atoms with van der Waals surface area (Å²) in [5.41, 5.74) is -0.482. The fourth-order valence-corrected chi connectivity index (χ4v) is 2.30. The quantitative estimate of drug-likeness (QED) is 0.698. The standard InChI is InChI=1S/C11H18N4O3/c1-6(2)8-7(3-4-18-8)5-12-10(16)9-13-11(17)15-14-9/h6-8H,3-5H2,1-2H3,(H,12,16)(H2,13,14,15,17)/t7-,8-/m1/s1. The molecule has 7 heteroatoms. The Bertz CT molecular complexity index is 465. The van der Waals surface area contributed by atoms with Crippen LogP contribution >= 0.6 is 0 Å². The molecule has 0 saturated carbocycles. The molecule has 1 aromatic heterocycles. The molecular weight excluding hydrogens is 236 g/mol. The van der Waals surface area contributed by atoms with Gasteiger partial charge >= 0.3 is 5.69 Å². The van der Waals surface area contributed by atoms with E-state index in [0.717, 1.165) is 13.0 Å². The van der Waals surface area contributed by atoms with Gasteiger partial charge in [-0.25, -0.2) is 9.89 Å². The monoisotopic (exact) mass is 254 g/mol. The smallest absolute Gasteiger partial charge is 0.341 e. The molecule has 100 valence electrons. The molecule has 0 unspecified atom stereocenters. The first kappa shape index (κ1) is 12.8. The van der Waals surface area contributed by atoms with Crippen LogP contribution in [0.3, 0.4) is 0 Å². The van der Waals surface area contributed by atoms with Gasteiger partial charge in [-0.05, 0) is 12.3 Å². The zero-order chi connectivity index (χ0) is 13.1. The molecule has 2 heterocycles. The SMILES string of the molecule is CC(C)[C@H]1OCC[C@@H]1CNC(=O)c1n[nH]c(=O)[nH]1. The number of aromatic nitrogens is 3. The van der Waals surface area contributed by atoms with Crippen LogP contribution in [0.1, 0.15) is 30.9 Å². The summed E-state index contributed by atoms with van der Waals surface area (Å²) in [6, 6.07) is 0. The lowest BCUT2D eigenvalue weighted by molar-refractivity contribution is 0.0532. The summed E-state index contributed by atoms with van der Waals surface area (Å²) in [6.45, 7) is 5.49. The van der Waals surface area contributed by atoms with Crippen molar-refractivity contribution >= 4 is 5.91 Å². The van der Waals surface area contributed by atoms with Crippen LogP contribution in [0.25, 0.3) is 0 Å². The van der Waals surface area contributed by atoms with E-state index in [1.54, 1.807) is 0 Å². The molecule has 0 radical (unpaired) electrons. The average molecular weight is 254 g/mol. The number of hydrogen-bond donors (Lipinski definition) is 3. The Morgan fingerprint density at radius 3 is 3.00 bits per heavy atom. The maximum Gasteiger partial charge on any atom is 0.341 e. The number of nitrogens with zero attached hydrogens (tertiary/aromatic N) is 1. The maximum absolute atomic E-state index is 11.7. The molecule has 1 fully saturated rings. The molecule has 0 bridgehead atoms. The van der Waals surface area contributed by atoms with E-state index in [1.165, 1.54) is 0 Å². The molecule has 1 aliphatic heterocycles. The van der Waals surface area contributed by atoms with Gasteiger partial charge in [-0.15, -0.1) is 5.10 Å². The fourth-order valence-electron chi connectivity index (χ4n) is 2.30. The van der Waals surface area contributed by atoms with Gasteiger partial charge < -0.3 is 10.1 Å². The number of nitrogens with one attached hydrogen (secondary N) is 3. The molecule has 0 spiro atoms. The van der Waals surface area contributed by atoms with Gasteiger partial charge in [-0.3, -0.25) is 9.78 Å². The van der Waals surface area contributed by atoms with Crippen molar-refractivity contribution in [3.8, 4) is 0 Å². The second kappa shape index (κ2) is 5.34. The highest BCUT2D eigenvalue weighted by Crippen LogP contribution is 2.26. The molecule has 7 nitrogen and oxygen atoms in total. The van der Waals surface area contributed by atoms with Gasteiger partial charge in [0.1, 0.15) is 0 Å². The molecule has 0 aromatic carbocycles. The van der Waals surface area contributed by atoms with Crippen LogP contribution in [0.4, 0.5) is 0 Å². The molecule has 1 amide bonds. The van der Waals surface area contributed by atoms with Gasteiger partial charge in [0.2, 0.25) is 5.82 Å². The van der Waals surface area contributed by atoms with E-state index in [2.05, 4.69) is 34.3 Å². The van der Waals surface area contributed by atoms with Crippen molar-refractivity contribution in [1.82, 2.24) is 20.5 Å². The van der Waals surface area contributed by atoms with Crippen LogP contribution in [0.15, 0.2) is 4.79 Å². The Hall–Kier alpha value is -1.63. The van der Waals surface area contributed by atoms with Crippen LogP contribution < -0.4 is 11.0 Å². The van der Waals surface area contributed by atoms with Gasteiger partial charge in [-0.2, -0.15) is 0 Å². The topological polar surface area (TPSA) is 99.9 Å². The fraction of sp³-hybridized carbons (Fsp3) is 0.727. The van der Waals surface area contributed by atoms with Crippen molar-refractivity contribution in [3.63, 3.8) is 0 Å². The lowest BCUT2D eigenvalue weighted by Gasteiger charge is -2.21. The van der Waals surface area contributed by atoms with E-state index >= 15 is 0 Å². The molecule has 2 atom stereocenters. The number of ether oxygens (including phenoxy) is 1. The number of amides is 1. The Morgan fingerprint density at radius 1 is 1.61 bits per heavy atom. The average Bonchev–Trinajstić information content (AvgIpc) is 2.94. The minimum Gasteiger partial charge on any atom is -0.378 e. The van der Waals surface area contributed by atoms with Crippen LogP contribution in [0, 0.1) is 11.8 Å². The molecule has 1 aromatic rings. The number of hydrogen-bond acceptors (Lipinski definition) is 4. The maximum atomic E-state index is 11.7. The number of carbonyl (C=O) groups is 1. The number of H-pyrrole nitrogens is 2. The second-order valence-corrected chi connectivity index (χ2v) is 4.86. The van der Waals surface area contributed by atoms with Crippen LogP contribution in [-0.2, 0) is 4.74 Å². The van der Waals surface area contributed by atoms with Gasteiger partial charge in [0.25, 0.3) is 5.91 Å². The van der Waals surface area contributed by atoms with Crippen molar-refractivity contribution in [3.05, 3.63) is 16.3 Å². The van der Waals surface area contributed by atoms with Gasteiger partial charge in [0.05, 0.1) is 6.10 Å². The largest absolute Gasteiger partial charge is 0.378 e.